The highest BCUT2D eigenvalue weighted by molar-refractivity contribution is 6.17. The SMILES string of the molecule is Nc1ccc(/C=C(/C(=O)O)C(=O)OCC2c3ccccc3-c3ccccc32)cc1. The Morgan fingerprint density at radius 1 is 0.897 bits per heavy atom. The van der Waals surface area contributed by atoms with Crippen molar-refractivity contribution >= 4 is 23.7 Å². The van der Waals surface area contributed by atoms with Gasteiger partial charge in [-0.05, 0) is 46.0 Å². The number of nitrogen functional groups attached to an aromatic ring is 1. The first-order chi connectivity index (χ1) is 14.0. The second-order valence-electron chi connectivity index (χ2n) is 6.86. The van der Waals surface area contributed by atoms with Crippen molar-refractivity contribution in [1.29, 1.82) is 0 Å². The summed E-state index contributed by atoms with van der Waals surface area (Å²) in [7, 11) is 0. The van der Waals surface area contributed by atoms with Crippen molar-refractivity contribution in [1.82, 2.24) is 0 Å². The largest absolute Gasteiger partial charge is 0.477 e. The number of ether oxygens (including phenoxy) is 1. The number of aliphatic carboxylic acids is 1. The van der Waals surface area contributed by atoms with Crippen LogP contribution in [0.4, 0.5) is 5.69 Å². The topological polar surface area (TPSA) is 89.6 Å². The van der Waals surface area contributed by atoms with Crippen LogP contribution >= 0.6 is 0 Å². The normalized spacial score (nSPS) is 12.9. The summed E-state index contributed by atoms with van der Waals surface area (Å²) in [5.74, 6) is -2.33. The number of nitrogens with two attached hydrogens (primary N) is 1. The Balaban J connectivity index is 1.57. The second kappa shape index (κ2) is 7.64. The number of benzene rings is 3. The molecule has 0 radical (unpaired) electrons. The van der Waals surface area contributed by atoms with E-state index in [4.69, 9.17) is 10.5 Å². The van der Waals surface area contributed by atoms with Crippen LogP contribution in [-0.4, -0.2) is 23.7 Å². The highest BCUT2D eigenvalue weighted by Crippen LogP contribution is 2.44. The monoisotopic (exact) mass is 385 g/mol. The van der Waals surface area contributed by atoms with Crippen LogP contribution in [0.5, 0.6) is 0 Å². The van der Waals surface area contributed by atoms with E-state index in [2.05, 4.69) is 0 Å². The lowest BCUT2D eigenvalue weighted by atomic mass is 9.98. The summed E-state index contributed by atoms with van der Waals surface area (Å²) < 4.78 is 5.45. The van der Waals surface area contributed by atoms with Crippen molar-refractivity contribution in [2.75, 3.05) is 12.3 Å². The molecule has 0 heterocycles. The summed E-state index contributed by atoms with van der Waals surface area (Å²) >= 11 is 0. The average Bonchev–Trinajstić information content (AvgIpc) is 3.05. The third kappa shape index (κ3) is 3.62. The third-order valence-electron chi connectivity index (χ3n) is 5.04. The fraction of sp³-hybridized carbons (Fsp3) is 0.0833. The molecule has 0 saturated heterocycles. The summed E-state index contributed by atoms with van der Waals surface area (Å²) in [4.78, 5) is 24.2. The van der Waals surface area contributed by atoms with E-state index in [1.807, 2.05) is 48.5 Å². The van der Waals surface area contributed by atoms with E-state index < -0.39 is 17.5 Å². The molecular formula is C24H19NO4. The fourth-order valence-corrected chi connectivity index (χ4v) is 3.64. The van der Waals surface area contributed by atoms with Gasteiger partial charge in [0.15, 0.2) is 0 Å². The fourth-order valence-electron chi connectivity index (χ4n) is 3.64. The number of carbonyl (C=O) groups is 2. The molecule has 0 aromatic heterocycles. The summed E-state index contributed by atoms with van der Waals surface area (Å²) in [6.45, 7) is 0.0687. The van der Waals surface area contributed by atoms with Crippen LogP contribution in [-0.2, 0) is 14.3 Å². The van der Waals surface area contributed by atoms with Gasteiger partial charge in [-0.1, -0.05) is 60.7 Å². The smallest absolute Gasteiger partial charge is 0.345 e. The highest BCUT2D eigenvalue weighted by atomic mass is 16.5. The van der Waals surface area contributed by atoms with Crippen molar-refractivity contribution in [2.24, 2.45) is 0 Å². The van der Waals surface area contributed by atoms with Crippen molar-refractivity contribution in [3.8, 4) is 11.1 Å². The molecule has 5 nitrogen and oxygen atoms in total. The number of fused-ring (bicyclic) bond motifs is 3. The minimum Gasteiger partial charge on any atom is -0.477 e. The summed E-state index contributed by atoms with van der Waals surface area (Å²) in [6.07, 6.45) is 1.29. The van der Waals surface area contributed by atoms with Gasteiger partial charge in [-0.3, -0.25) is 0 Å². The zero-order chi connectivity index (χ0) is 20.4. The molecule has 0 unspecified atom stereocenters. The molecule has 5 heteroatoms. The first-order valence-corrected chi connectivity index (χ1v) is 9.20. The summed E-state index contributed by atoms with van der Waals surface area (Å²) in [6, 6.07) is 22.5. The molecule has 0 bridgehead atoms. The summed E-state index contributed by atoms with van der Waals surface area (Å²) in [5, 5.41) is 9.47. The van der Waals surface area contributed by atoms with Crippen LogP contribution < -0.4 is 5.73 Å². The number of hydrogen-bond acceptors (Lipinski definition) is 4. The highest BCUT2D eigenvalue weighted by Gasteiger charge is 2.30. The third-order valence-corrected chi connectivity index (χ3v) is 5.04. The van der Waals surface area contributed by atoms with Gasteiger partial charge in [0.1, 0.15) is 12.2 Å². The first-order valence-electron chi connectivity index (χ1n) is 9.20. The van der Waals surface area contributed by atoms with Gasteiger partial charge in [-0.15, -0.1) is 0 Å². The molecule has 3 aromatic rings. The number of anilines is 1. The second-order valence-corrected chi connectivity index (χ2v) is 6.86. The van der Waals surface area contributed by atoms with Crippen LogP contribution in [0.25, 0.3) is 17.2 Å². The van der Waals surface area contributed by atoms with E-state index >= 15 is 0 Å². The zero-order valence-corrected chi connectivity index (χ0v) is 15.5. The Morgan fingerprint density at radius 3 is 2.00 bits per heavy atom. The van der Waals surface area contributed by atoms with Gasteiger partial charge in [0.25, 0.3) is 0 Å². The molecule has 1 aliphatic carbocycles. The molecule has 1 aliphatic rings. The van der Waals surface area contributed by atoms with E-state index in [1.54, 1.807) is 24.3 Å². The van der Waals surface area contributed by atoms with Crippen molar-refractivity contribution in [3.63, 3.8) is 0 Å². The number of carboxylic acid groups (broad SMARTS) is 1. The molecule has 3 aromatic carbocycles. The summed E-state index contributed by atoms with van der Waals surface area (Å²) in [5.41, 5.74) is 10.7. The van der Waals surface area contributed by atoms with E-state index in [-0.39, 0.29) is 12.5 Å². The van der Waals surface area contributed by atoms with Crippen LogP contribution in [0.2, 0.25) is 0 Å². The molecule has 29 heavy (non-hydrogen) atoms. The lowest BCUT2D eigenvalue weighted by Crippen LogP contribution is -2.18. The van der Waals surface area contributed by atoms with Gasteiger partial charge in [0.05, 0.1) is 0 Å². The minimum absolute atomic E-state index is 0.0687. The Kier molecular flexibility index (Phi) is 4.87. The Hall–Kier alpha value is -3.86. The number of carboxylic acids is 1. The molecule has 0 fully saturated rings. The number of rotatable bonds is 5. The van der Waals surface area contributed by atoms with E-state index in [0.717, 1.165) is 22.3 Å². The van der Waals surface area contributed by atoms with E-state index in [9.17, 15) is 14.7 Å². The molecule has 144 valence electrons. The predicted molar refractivity (Wildman–Crippen MR) is 111 cm³/mol. The minimum atomic E-state index is -1.33. The molecule has 0 amide bonds. The van der Waals surface area contributed by atoms with Crippen LogP contribution in [0, 0.1) is 0 Å². The van der Waals surface area contributed by atoms with E-state index in [0.29, 0.717) is 11.3 Å². The Morgan fingerprint density at radius 2 is 1.45 bits per heavy atom. The van der Waals surface area contributed by atoms with Crippen LogP contribution in [0.15, 0.2) is 78.4 Å². The standard InChI is InChI=1S/C24H19NO4/c25-16-11-9-15(10-12-16)13-21(23(26)27)24(28)29-14-22-19-7-3-1-5-17(19)18-6-2-4-8-20(18)22/h1-13,22H,14,25H2,(H,26,27)/b21-13-. The first kappa shape index (κ1) is 18.5. The van der Waals surface area contributed by atoms with Gasteiger partial charge >= 0.3 is 11.9 Å². The number of esters is 1. The van der Waals surface area contributed by atoms with Crippen LogP contribution in [0.1, 0.15) is 22.6 Å². The molecule has 0 aliphatic heterocycles. The predicted octanol–water partition coefficient (Wildman–Crippen LogP) is 4.09. The molecule has 0 spiro atoms. The van der Waals surface area contributed by atoms with Crippen molar-refractivity contribution in [2.45, 2.75) is 5.92 Å². The molecule has 0 saturated carbocycles. The molecular weight excluding hydrogens is 366 g/mol. The van der Waals surface area contributed by atoms with E-state index in [1.165, 1.54) is 6.08 Å². The number of carbonyl (C=O) groups excluding carboxylic acids is 1. The number of hydrogen-bond donors (Lipinski definition) is 2. The Labute approximate surface area is 168 Å². The lowest BCUT2D eigenvalue weighted by Gasteiger charge is -2.14. The maximum absolute atomic E-state index is 12.5. The maximum Gasteiger partial charge on any atom is 0.345 e. The average molecular weight is 385 g/mol. The van der Waals surface area contributed by atoms with Gasteiger partial charge < -0.3 is 15.6 Å². The molecule has 0 atom stereocenters. The van der Waals surface area contributed by atoms with Crippen molar-refractivity contribution in [3.05, 3.63) is 95.1 Å². The quantitative estimate of drug-likeness (QED) is 0.227. The zero-order valence-electron chi connectivity index (χ0n) is 15.5. The van der Waals surface area contributed by atoms with Gasteiger partial charge in [-0.25, -0.2) is 9.59 Å². The van der Waals surface area contributed by atoms with Crippen LogP contribution in [0.3, 0.4) is 0 Å². The maximum atomic E-state index is 12.5. The molecule has 4 rings (SSSR count). The lowest BCUT2D eigenvalue weighted by molar-refractivity contribution is -0.144. The van der Waals surface area contributed by atoms with Gasteiger partial charge in [0, 0.05) is 11.6 Å². The molecule has 3 N–H and O–H groups in total. The van der Waals surface area contributed by atoms with Crippen molar-refractivity contribution < 1.29 is 19.4 Å². The Bertz CT molecular complexity index is 1070. The van der Waals surface area contributed by atoms with Gasteiger partial charge in [0.2, 0.25) is 0 Å². The van der Waals surface area contributed by atoms with Gasteiger partial charge in [-0.2, -0.15) is 0 Å².